The molecule has 0 spiro atoms. The van der Waals surface area contributed by atoms with E-state index in [0.717, 1.165) is 6.29 Å². The van der Waals surface area contributed by atoms with Crippen LogP contribution in [0.3, 0.4) is 0 Å². The number of rotatable bonds is 20. The molecule has 0 aromatic carbocycles. The molecular formula is C77H126N2O27. The molecule has 0 radical (unpaired) electrons. The van der Waals surface area contributed by atoms with Gasteiger partial charge in [0, 0.05) is 84.0 Å². The molecule has 0 aromatic heterocycles. The van der Waals surface area contributed by atoms with Crippen molar-refractivity contribution < 1.29 is 131 Å². The number of aliphatic hydroxyl groups excluding tert-OH is 4. The van der Waals surface area contributed by atoms with Gasteiger partial charge in [0.05, 0.1) is 85.5 Å². The first kappa shape index (κ1) is 91.9. The van der Waals surface area contributed by atoms with E-state index < -0.39 is 218 Å². The number of nitrogens with zero attached hydrogens (tertiary/aromatic N) is 2. The van der Waals surface area contributed by atoms with Crippen LogP contribution >= 0.6 is 0 Å². The predicted molar refractivity (Wildman–Crippen MR) is 385 cm³/mol. The molecule has 6 N–H and O–H groups in total. The maximum Gasteiger partial charge on any atom is 0.309 e. The summed E-state index contributed by atoms with van der Waals surface area (Å²) in [5.41, 5.74) is -1.79. The highest BCUT2D eigenvalue weighted by Crippen LogP contribution is 2.41. The standard InChI is InChI=1S/C39H65NO13.C38H61NO14/c1-11-30-27(20-42)16-21(2)12-13-28(43)22(3)17-26(14-15-41)35(23(4)29(44)18-31(45)51-30)53-38-34(46)33(40(8)9)36(24(5)50-38)52-32-19-39(7,47)37(48-10)25(6)49-32;1-21-18-26(16-17-40)34(35(46-9)28(51-25(5)41)19-29(43)48-22(2)14-12-11-13-15-27(21)42)53-37-32(44)31(39(7)8)33(23(3)50-37)52-30-20-38(6,45)36(47-10)24(4)49-30/h12-13,15-16,22-27,29-30,32-38,42,44,46-47H,11,14,17-20H2,1-10H3;11-13,15,17,21-24,26,28,30-37,44-45H,14,16,18-20H2,1-10H3/b13-12+,21-16+;12-11+,15-13+/t22-,23+,24+,25-,26+,27-,29-,30-,32+,33?,34?,35-,36?,37?,38+,39?;21-,22-,23+,24-,26+,28-,30+,31?,32?,33?,34+,35+,36?,37+,38?/m11/s1. The molecule has 31 atom stereocenters. The van der Waals surface area contributed by atoms with Crippen molar-refractivity contribution in [3.05, 3.63) is 48.1 Å². The Hall–Kier alpha value is -4.71. The number of ketones is 2. The first-order valence-corrected chi connectivity index (χ1v) is 37.3. The average Bonchev–Trinajstić information content (AvgIpc) is 0.782. The second-order valence-electron chi connectivity index (χ2n) is 30.6. The van der Waals surface area contributed by atoms with Crippen LogP contribution in [0.1, 0.15) is 154 Å². The highest BCUT2D eigenvalue weighted by Gasteiger charge is 2.55. The van der Waals surface area contributed by atoms with Gasteiger partial charge in [-0.15, -0.1) is 0 Å². The third-order valence-corrected chi connectivity index (χ3v) is 21.3. The number of hydrogen-bond acceptors (Lipinski definition) is 29. The lowest BCUT2D eigenvalue weighted by Gasteiger charge is -2.50. The van der Waals surface area contributed by atoms with Crippen LogP contribution in [0, 0.1) is 35.5 Å². The molecule has 0 saturated carbocycles. The number of carbonyl (C=O) groups is 7. The molecule has 6 rings (SSSR count). The van der Waals surface area contributed by atoms with Crippen LogP contribution in [0.2, 0.25) is 0 Å². The smallest absolute Gasteiger partial charge is 0.309 e. The van der Waals surface area contributed by atoms with Crippen LogP contribution in [0.25, 0.3) is 0 Å². The van der Waals surface area contributed by atoms with Crippen LogP contribution in [0.4, 0.5) is 0 Å². The Bertz CT molecular complexity index is 2900. The molecule has 6 aliphatic rings. The van der Waals surface area contributed by atoms with Gasteiger partial charge in [0.25, 0.3) is 0 Å². The third-order valence-electron chi connectivity index (χ3n) is 21.3. The second-order valence-corrected chi connectivity index (χ2v) is 30.6. The highest BCUT2D eigenvalue weighted by atomic mass is 16.7. The first-order valence-electron chi connectivity index (χ1n) is 37.3. The van der Waals surface area contributed by atoms with Gasteiger partial charge in [0.1, 0.15) is 73.6 Å². The van der Waals surface area contributed by atoms with Crippen molar-refractivity contribution >= 4 is 42.0 Å². The topological polar surface area (TPSA) is 377 Å². The summed E-state index contributed by atoms with van der Waals surface area (Å²) in [5.74, 6) is -6.17. The highest BCUT2D eigenvalue weighted by molar-refractivity contribution is 5.92. The number of carbonyl (C=O) groups excluding carboxylic acids is 7. The van der Waals surface area contributed by atoms with Crippen molar-refractivity contribution in [1.82, 2.24) is 9.80 Å². The summed E-state index contributed by atoms with van der Waals surface area (Å²) in [6, 6.07) is -1.42. The Morgan fingerprint density at radius 2 is 1.08 bits per heavy atom. The van der Waals surface area contributed by atoms with E-state index in [-0.39, 0.29) is 56.7 Å². The molecule has 0 aromatic rings. The van der Waals surface area contributed by atoms with Gasteiger partial charge in [-0.2, -0.15) is 0 Å². The zero-order chi connectivity index (χ0) is 79.4. The number of methoxy groups -OCH3 is 3. The fraction of sp³-hybridized carbons (Fsp3) is 0.805. The number of hydrogen-bond donors (Lipinski definition) is 6. The van der Waals surface area contributed by atoms with Gasteiger partial charge in [0.15, 0.2) is 36.7 Å². The molecule has 106 heavy (non-hydrogen) atoms. The lowest BCUT2D eigenvalue weighted by atomic mass is 9.79. The average molecular weight is 1510 g/mol. The SMILES string of the molecule is CC[C@H]1OC(=O)C[C@@H](O)[C@H](C)[C@@H](O[C@@H]2O[C@@H](C)C(O[C@H]3CC(C)(O)C(OC)[C@@H](C)O3)C(N(C)C)C2O)[C@@H](CC=O)C[C@@H](C)C(=O)/C=C/C(C)=C/[C@@H]1CO.COC1[C@@H](C)O[C@@H](OC2C(N(C)C)C(O)[C@H](O[C@H]3[C@@H](CC=O)C[C@@H](C)C(=O)/C=C/C=C/C[C@@H](C)OC(=O)C[C@@H](OC(C)=O)[C@@H]3OC)O[C@H]2C)CC1(C)O. The largest absolute Gasteiger partial charge is 0.462 e. The normalized spacial score (nSPS) is 43.1. The molecule has 4 saturated heterocycles. The fourth-order valence-corrected chi connectivity index (χ4v) is 15.8. The van der Waals surface area contributed by atoms with E-state index in [2.05, 4.69) is 0 Å². The van der Waals surface area contributed by atoms with Crippen LogP contribution in [0.15, 0.2) is 48.1 Å². The van der Waals surface area contributed by atoms with Crippen LogP contribution in [0.5, 0.6) is 0 Å². The molecule has 29 heteroatoms. The van der Waals surface area contributed by atoms with Crippen molar-refractivity contribution in [3.8, 4) is 0 Å². The van der Waals surface area contributed by atoms with Crippen LogP contribution in [-0.4, -0.2) is 291 Å². The summed E-state index contributed by atoms with van der Waals surface area (Å²) in [6.45, 7) is 21.8. The van der Waals surface area contributed by atoms with Gasteiger partial charge in [-0.1, -0.05) is 63.6 Å². The summed E-state index contributed by atoms with van der Waals surface area (Å²) in [6.07, 6.45) is -5.72. The number of aldehydes is 2. The van der Waals surface area contributed by atoms with E-state index in [9.17, 15) is 64.2 Å². The van der Waals surface area contributed by atoms with E-state index in [0.29, 0.717) is 24.7 Å². The van der Waals surface area contributed by atoms with Crippen molar-refractivity contribution in [1.29, 1.82) is 0 Å². The molecule has 0 bridgehead atoms. The molecule has 29 nitrogen and oxygen atoms in total. The van der Waals surface area contributed by atoms with Gasteiger partial charge in [-0.05, 0) is 127 Å². The lowest BCUT2D eigenvalue weighted by Crippen LogP contribution is -2.65. The van der Waals surface area contributed by atoms with Gasteiger partial charge in [-0.3, -0.25) is 24.0 Å². The van der Waals surface area contributed by atoms with Crippen molar-refractivity contribution in [2.45, 2.75) is 306 Å². The molecule has 0 amide bonds. The minimum atomic E-state index is -1.36. The maximum absolute atomic E-state index is 13.3. The number of cyclic esters (lactones) is 2. The summed E-state index contributed by atoms with van der Waals surface area (Å²) < 4.78 is 84.7. The predicted octanol–water partition coefficient (Wildman–Crippen LogP) is 4.61. The Labute approximate surface area is 626 Å². The maximum atomic E-state index is 13.3. The Balaban J connectivity index is 0.000000381. The van der Waals surface area contributed by atoms with Crippen molar-refractivity contribution in [2.24, 2.45) is 35.5 Å². The number of aliphatic hydroxyl groups is 6. The van der Waals surface area contributed by atoms with Gasteiger partial charge in [0.2, 0.25) is 0 Å². The Morgan fingerprint density at radius 3 is 1.52 bits per heavy atom. The Kier molecular flexibility index (Phi) is 37.0. The van der Waals surface area contributed by atoms with E-state index in [4.69, 9.17) is 66.3 Å². The van der Waals surface area contributed by atoms with E-state index in [1.54, 1.807) is 145 Å². The monoisotopic (exact) mass is 1510 g/mol. The molecule has 6 aliphatic heterocycles. The number of allylic oxidation sites excluding steroid dienone is 6. The quantitative estimate of drug-likeness (QED) is 0.0550. The first-order chi connectivity index (χ1) is 49.8. The molecule has 4 fully saturated rings. The Morgan fingerprint density at radius 1 is 0.613 bits per heavy atom. The molecular weight excluding hydrogens is 1380 g/mol. The zero-order valence-electron chi connectivity index (χ0n) is 65.9. The van der Waals surface area contributed by atoms with Gasteiger partial charge in [-0.25, -0.2) is 0 Å². The minimum Gasteiger partial charge on any atom is -0.462 e. The van der Waals surface area contributed by atoms with Crippen molar-refractivity contribution in [2.75, 3.05) is 56.1 Å². The minimum absolute atomic E-state index is 0.0245. The number of esters is 3. The van der Waals surface area contributed by atoms with Gasteiger partial charge >= 0.3 is 17.9 Å². The summed E-state index contributed by atoms with van der Waals surface area (Å²) in [7, 11) is 11.5. The molecule has 606 valence electrons. The molecule has 10 unspecified atom stereocenters. The van der Waals surface area contributed by atoms with Gasteiger partial charge < -0.3 is 116 Å². The number of ether oxygens (including phenoxy) is 14. The van der Waals surface area contributed by atoms with Crippen LogP contribution < -0.4 is 0 Å². The van der Waals surface area contributed by atoms with E-state index >= 15 is 0 Å². The second kappa shape index (κ2) is 42.6. The fourth-order valence-electron chi connectivity index (χ4n) is 15.8. The summed E-state index contributed by atoms with van der Waals surface area (Å²) >= 11 is 0. The van der Waals surface area contributed by atoms with Crippen LogP contribution in [-0.2, 0) is 99.9 Å². The molecule has 0 aliphatic carbocycles. The lowest BCUT2D eigenvalue weighted by molar-refractivity contribution is -0.344. The van der Waals surface area contributed by atoms with Crippen molar-refractivity contribution in [3.63, 3.8) is 0 Å². The zero-order valence-corrected chi connectivity index (χ0v) is 65.9. The number of likely N-dealkylation sites (N-methyl/N-ethyl adjacent to an activating group) is 2. The summed E-state index contributed by atoms with van der Waals surface area (Å²) in [4.78, 5) is 93.2. The summed E-state index contributed by atoms with van der Waals surface area (Å²) in [5, 5.41) is 67.6. The van der Waals surface area contributed by atoms with E-state index in [1.807, 2.05) is 6.92 Å². The van der Waals surface area contributed by atoms with E-state index in [1.165, 1.54) is 40.4 Å². The third kappa shape index (κ3) is 25.4. The molecule has 6 heterocycles.